The molecule has 0 amide bonds. The Morgan fingerprint density at radius 2 is 1.96 bits per heavy atom. The van der Waals surface area contributed by atoms with E-state index in [4.69, 9.17) is 9.90 Å². The van der Waals surface area contributed by atoms with Crippen molar-refractivity contribution in [3.05, 3.63) is 52.5 Å². The summed E-state index contributed by atoms with van der Waals surface area (Å²) >= 11 is 1.79. The maximum Gasteiger partial charge on any atom is 0.290 e. The highest BCUT2D eigenvalue weighted by atomic mass is 32.1. The lowest BCUT2D eigenvalue weighted by Crippen LogP contribution is -2.34. The Labute approximate surface area is 172 Å². The van der Waals surface area contributed by atoms with E-state index in [0.29, 0.717) is 5.41 Å². The second-order valence-corrected chi connectivity index (χ2v) is 8.99. The minimum Gasteiger partial charge on any atom is -0.483 e. The predicted molar refractivity (Wildman–Crippen MR) is 114 cm³/mol. The molecular weight excluding hydrogens is 370 g/mol. The van der Waals surface area contributed by atoms with E-state index >= 15 is 0 Å². The zero-order valence-corrected chi connectivity index (χ0v) is 17.5. The van der Waals surface area contributed by atoms with Gasteiger partial charge in [-0.05, 0) is 37.3 Å². The molecule has 28 heavy (non-hydrogen) atoms. The first-order chi connectivity index (χ1) is 13.7. The number of carbonyl (C=O) groups is 1. The summed E-state index contributed by atoms with van der Waals surface area (Å²) in [6.07, 6.45) is 5.84. The molecule has 6 heteroatoms. The van der Waals surface area contributed by atoms with Gasteiger partial charge in [-0.1, -0.05) is 37.3 Å². The fourth-order valence-corrected chi connectivity index (χ4v) is 5.58. The second kappa shape index (κ2) is 10.1. The highest BCUT2D eigenvalue weighted by molar-refractivity contribution is 7.09. The minimum atomic E-state index is -0.250. The molecule has 2 aromatic rings. The van der Waals surface area contributed by atoms with Crippen LogP contribution in [0.1, 0.15) is 30.2 Å². The number of hydrogen-bond acceptors (Lipinski definition) is 5. The molecule has 2 saturated heterocycles. The van der Waals surface area contributed by atoms with E-state index in [0.717, 1.165) is 12.5 Å². The van der Waals surface area contributed by atoms with Gasteiger partial charge in [0.1, 0.15) is 0 Å². The quantitative estimate of drug-likeness (QED) is 0.718. The number of rotatable bonds is 7. The number of benzene rings is 1. The Morgan fingerprint density at radius 1 is 1.25 bits per heavy atom. The van der Waals surface area contributed by atoms with Crippen LogP contribution in [0, 0.1) is 11.3 Å². The van der Waals surface area contributed by atoms with Gasteiger partial charge in [0.15, 0.2) is 0 Å². The molecule has 0 saturated carbocycles. The van der Waals surface area contributed by atoms with E-state index in [2.05, 4.69) is 52.0 Å². The van der Waals surface area contributed by atoms with Gasteiger partial charge in [-0.25, -0.2) is 0 Å². The topological polar surface area (TPSA) is 56.7 Å². The number of thiazole rings is 1. The van der Waals surface area contributed by atoms with E-state index in [1.54, 1.807) is 11.3 Å². The number of aryl methyl sites for hydroxylation is 1. The van der Waals surface area contributed by atoms with Crippen LogP contribution in [-0.4, -0.2) is 59.1 Å². The SMILES string of the molecule is CCCN1CC2CN(Cc3cncs3)CC2(CCc2ccccc2)C1.O=CO. The lowest BCUT2D eigenvalue weighted by atomic mass is 9.76. The Morgan fingerprint density at radius 3 is 2.64 bits per heavy atom. The molecule has 4 rings (SSSR count). The van der Waals surface area contributed by atoms with Crippen LogP contribution >= 0.6 is 11.3 Å². The number of fused-ring (bicyclic) bond motifs is 1. The Balaban J connectivity index is 0.000000706. The summed E-state index contributed by atoms with van der Waals surface area (Å²) in [5.41, 5.74) is 3.93. The third-order valence-corrected chi connectivity index (χ3v) is 6.82. The van der Waals surface area contributed by atoms with Crippen LogP contribution in [-0.2, 0) is 17.8 Å². The lowest BCUT2D eigenvalue weighted by molar-refractivity contribution is -0.122. The first kappa shape index (κ1) is 21.0. The molecule has 0 radical (unpaired) electrons. The van der Waals surface area contributed by atoms with Crippen LogP contribution in [0.2, 0.25) is 0 Å². The average molecular weight is 402 g/mol. The standard InChI is InChI=1S/C21H29N3S.CH2O2/c1-2-10-23-12-19-13-24(14-20-11-22-17-25-20)16-21(19,15-23)9-8-18-6-4-3-5-7-18;2-1-3/h3-7,11,17,19H,2,8-10,12-16H2,1H3;1H,(H,2,3). The molecule has 2 aliphatic heterocycles. The monoisotopic (exact) mass is 401 g/mol. The zero-order valence-electron chi connectivity index (χ0n) is 16.7. The minimum absolute atomic E-state index is 0.250. The molecule has 1 aromatic heterocycles. The summed E-state index contributed by atoms with van der Waals surface area (Å²) in [5, 5.41) is 6.89. The normalized spacial score (nSPS) is 24.5. The van der Waals surface area contributed by atoms with Gasteiger partial charge in [0.25, 0.3) is 6.47 Å². The van der Waals surface area contributed by atoms with Crippen LogP contribution < -0.4 is 0 Å². The van der Waals surface area contributed by atoms with E-state index in [9.17, 15) is 0 Å². The van der Waals surface area contributed by atoms with Crippen LogP contribution in [0.4, 0.5) is 0 Å². The van der Waals surface area contributed by atoms with Crippen molar-refractivity contribution in [3.8, 4) is 0 Å². The number of hydrogen-bond donors (Lipinski definition) is 1. The van der Waals surface area contributed by atoms with Gasteiger partial charge in [0, 0.05) is 49.2 Å². The smallest absolute Gasteiger partial charge is 0.290 e. The van der Waals surface area contributed by atoms with Crippen molar-refractivity contribution < 1.29 is 9.90 Å². The summed E-state index contributed by atoms with van der Waals surface area (Å²) in [7, 11) is 0. The largest absolute Gasteiger partial charge is 0.483 e. The number of nitrogens with zero attached hydrogens (tertiary/aromatic N) is 3. The van der Waals surface area contributed by atoms with Gasteiger partial charge in [-0.15, -0.1) is 11.3 Å². The highest BCUT2D eigenvalue weighted by Crippen LogP contribution is 2.46. The van der Waals surface area contributed by atoms with Crippen LogP contribution in [0.3, 0.4) is 0 Å². The van der Waals surface area contributed by atoms with Crippen LogP contribution in [0.5, 0.6) is 0 Å². The van der Waals surface area contributed by atoms with Gasteiger partial charge in [0.05, 0.1) is 5.51 Å². The average Bonchev–Trinajstić information content (AvgIpc) is 3.37. The van der Waals surface area contributed by atoms with Crippen molar-refractivity contribution in [1.82, 2.24) is 14.8 Å². The van der Waals surface area contributed by atoms with E-state index in [1.165, 1.54) is 62.4 Å². The first-order valence-electron chi connectivity index (χ1n) is 10.1. The summed E-state index contributed by atoms with van der Waals surface area (Å²) in [6.45, 7) is 9.50. The molecule has 0 spiro atoms. The first-order valence-corrected chi connectivity index (χ1v) is 11.0. The van der Waals surface area contributed by atoms with E-state index < -0.39 is 0 Å². The fraction of sp³-hybridized carbons (Fsp3) is 0.545. The van der Waals surface area contributed by atoms with Crippen molar-refractivity contribution in [2.75, 3.05) is 32.7 Å². The Kier molecular flexibility index (Phi) is 7.59. The van der Waals surface area contributed by atoms with E-state index in [-0.39, 0.29) is 6.47 Å². The predicted octanol–water partition coefficient (Wildman–Crippen LogP) is 3.62. The summed E-state index contributed by atoms with van der Waals surface area (Å²) < 4.78 is 0. The summed E-state index contributed by atoms with van der Waals surface area (Å²) in [5.74, 6) is 0.829. The number of likely N-dealkylation sites (tertiary alicyclic amines) is 2. The molecule has 0 bridgehead atoms. The van der Waals surface area contributed by atoms with Crippen molar-refractivity contribution in [2.24, 2.45) is 11.3 Å². The molecule has 0 aliphatic carbocycles. The molecule has 1 N–H and O–H groups in total. The maximum atomic E-state index is 8.36. The molecule has 5 nitrogen and oxygen atoms in total. The molecule has 1 aromatic carbocycles. The fourth-order valence-electron chi connectivity index (χ4n) is 4.94. The van der Waals surface area contributed by atoms with Gasteiger partial charge in [-0.2, -0.15) is 0 Å². The molecule has 2 unspecified atom stereocenters. The highest BCUT2D eigenvalue weighted by Gasteiger charge is 2.51. The van der Waals surface area contributed by atoms with Crippen molar-refractivity contribution in [1.29, 1.82) is 0 Å². The summed E-state index contributed by atoms with van der Waals surface area (Å²) in [6, 6.07) is 11.0. The molecule has 2 fully saturated rings. The summed E-state index contributed by atoms with van der Waals surface area (Å²) in [4.78, 5) is 19.4. The van der Waals surface area contributed by atoms with Crippen molar-refractivity contribution in [2.45, 2.75) is 32.7 Å². The van der Waals surface area contributed by atoms with Gasteiger partial charge in [0.2, 0.25) is 0 Å². The molecule has 3 heterocycles. The maximum absolute atomic E-state index is 8.36. The van der Waals surface area contributed by atoms with Gasteiger partial charge >= 0.3 is 0 Å². The van der Waals surface area contributed by atoms with Crippen LogP contribution in [0.15, 0.2) is 42.0 Å². The molecule has 152 valence electrons. The Bertz CT molecular complexity index is 710. The van der Waals surface area contributed by atoms with Gasteiger partial charge in [-0.3, -0.25) is 14.7 Å². The zero-order chi connectivity index (χ0) is 19.8. The third kappa shape index (κ3) is 5.19. The van der Waals surface area contributed by atoms with Crippen LogP contribution in [0.25, 0.3) is 0 Å². The molecular formula is C22H31N3O2S. The number of carboxylic acid groups (broad SMARTS) is 1. The van der Waals surface area contributed by atoms with Gasteiger partial charge < -0.3 is 10.0 Å². The molecule has 2 atom stereocenters. The lowest BCUT2D eigenvalue weighted by Gasteiger charge is -2.30. The molecule has 2 aliphatic rings. The second-order valence-electron chi connectivity index (χ2n) is 8.02. The third-order valence-electron chi connectivity index (χ3n) is 6.06. The number of aromatic nitrogens is 1. The van der Waals surface area contributed by atoms with E-state index in [1.807, 2.05) is 11.7 Å². The Hall–Kier alpha value is -1.76. The van der Waals surface area contributed by atoms with Crippen molar-refractivity contribution >= 4 is 17.8 Å². The van der Waals surface area contributed by atoms with Crippen molar-refractivity contribution in [3.63, 3.8) is 0 Å².